The number of hydrogen-bond acceptors (Lipinski definition) is 3. The number of carboxylic acids is 1. The molecule has 1 N–H and O–H groups in total. The molecular weight excluding hydrogens is 280 g/mol. The van der Waals surface area contributed by atoms with Crippen LogP contribution in [0.2, 0.25) is 0 Å². The van der Waals surface area contributed by atoms with E-state index in [0.29, 0.717) is 19.0 Å². The zero-order chi connectivity index (χ0) is 15.5. The van der Waals surface area contributed by atoms with Gasteiger partial charge >= 0.3 is 5.97 Å². The van der Waals surface area contributed by atoms with Gasteiger partial charge in [-0.1, -0.05) is 31.0 Å². The third-order valence-electron chi connectivity index (χ3n) is 4.70. The number of aliphatic carboxylic acids is 1. The number of carboxylic acid groups (broad SMARTS) is 1. The maximum atomic E-state index is 12.6. The second-order valence-corrected chi connectivity index (χ2v) is 6.14. The quantitative estimate of drug-likeness (QED) is 0.905. The Morgan fingerprint density at radius 1 is 1.18 bits per heavy atom. The first kappa shape index (κ1) is 14.9. The van der Waals surface area contributed by atoms with E-state index in [-0.39, 0.29) is 18.5 Å². The lowest BCUT2D eigenvalue weighted by atomic mass is 10.1. The average molecular weight is 302 g/mol. The minimum atomic E-state index is -0.943. The van der Waals surface area contributed by atoms with E-state index >= 15 is 0 Å². The first-order chi connectivity index (χ1) is 10.7. The van der Waals surface area contributed by atoms with Crippen LogP contribution < -0.4 is 4.90 Å². The van der Waals surface area contributed by atoms with Gasteiger partial charge in [0.15, 0.2) is 0 Å². The normalized spacial score (nSPS) is 22.3. The van der Waals surface area contributed by atoms with Crippen molar-refractivity contribution in [1.82, 2.24) is 4.90 Å². The number of benzene rings is 1. The first-order valence-electron chi connectivity index (χ1n) is 8.01. The number of carbonyl (C=O) groups excluding carboxylic acids is 1. The van der Waals surface area contributed by atoms with Gasteiger partial charge in [0.2, 0.25) is 5.91 Å². The SMILES string of the molecule is O=C(O)CN1CCC(N(c2ccccc2)C2CCCC2)C1=O. The molecule has 1 aliphatic heterocycles. The molecule has 3 rings (SSSR count). The fraction of sp³-hybridized carbons (Fsp3) is 0.529. The Balaban J connectivity index is 1.83. The molecule has 1 aromatic carbocycles. The predicted octanol–water partition coefficient (Wildman–Crippen LogP) is 2.12. The molecule has 0 radical (unpaired) electrons. The minimum absolute atomic E-state index is 0.0434. The fourth-order valence-electron chi connectivity index (χ4n) is 3.73. The van der Waals surface area contributed by atoms with E-state index in [2.05, 4.69) is 4.90 Å². The van der Waals surface area contributed by atoms with Gasteiger partial charge in [0.1, 0.15) is 12.6 Å². The number of likely N-dealkylation sites (tertiary alicyclic amines) is 1. The summed E-state index contributed by atoms with van der Waals surface area (Å²) in [6.45, 7) is 0.342. The summed E-state index contributed by atoms with van der Waals surface area (Å²) in [6.07, 6.45) is 5.33. The molecule has 1 saturated heterocycles. The highest BCUT2D eigenvalue weighted by atomic mass is 16.4. The zero-order valence-corrected chi connectivity index (χ0v) is 12.6. The topological polar surface area (TPSA) is 60.9 Å². The molecule has 1 saturated carbocycles. The second-order valence-electron chi connectivity index (χ2n) is 6.14. The summed E-state index contributed by atoms with van der Waals surface area (Å²) in [5.74, 6) is -0.987. The molecule has 1 amide bonds. The maximum absolute atomic E-state index is 12.6. The average Bonchev–Trinajstić information content (AvgIpc) is 3.14. The Labute approximate surface area is 130 Å². The Morgan fingerprint density at radius 2 is 1.86 bits per heavy atom. The number of rotatable bonds is 5. The van der Waals surface area contributed by atoms with Crippen LogP contribution >= 0.6 is 0 Å². The highest BCUT2D eigenvalue weighted by Crippen LogP contribution is 2.33. The summed E-state index contributed by atoms with van der Waals surface area (Å²) in [6, 6.07) is 10.2. The standard InChI is InChI=1S/C17H22N2O3/c20-16(21)12-18-11-10-15(17(18)22)19(14-8-4-5-9-14)13-6-2-1-3-7-13/h1-3,6-7,14-15H,4-5,8-12H2,(H,20,21). The summed E-state index contributed by atoms with van der Waals surface area (Å²) in [5.41, 5.74) is 1.07. The number of nitrogens with zero attached hydrogens (tertiary/aromatic N) is 2. The molecule has 1 aliphatic carbocycles. The molecule has 5 nitrogen and oxygen atoms in total. The van der Waals surface area contributed by atoms with Crippen LogP contribution in [0.3, 0.4) is 0 Å². The van der Waals surface area contributed by atoms with E-state index < -0.39 is 5.97 Å². The van der Waals surface area contributed by atoms with Gasteiger partial charge in [0.25, 0.3) is 0 Å². The van der Waals surface area contributed by atoms with Crippen LogP contribution in [0, 0.1) is 0 Å². The highest BCUT2D eigenvalue weighted by molar-refractivity contribution is 5.90. The molecule has 1 aromatic rings. The lowest BCUT2D eigenvalue weighted by molar-refractivity contribution is -0.143. The molecule has 2 aliphatic rings. The Hall–Kier alpha value is -2.04. The van der Waals surface area contributed by atoms with E-state index in [0.717, 1.165) is 18.5 Å². The smallest absolute Gasteiger partial charge is 0.323 e. The zero-order valence-electron chi connectivity index (χ0n) is 12.6. The molecule has 2 fully saturated rings. The lowest BCUT2D eigenvalue weighted by Gasteiger charge is -2.35. The van der Waals surface area contributed by atoms with E-state index in [1.165, 1.54) is 17.7 Å². The summed E-state index contributed by atoms with van der Waals surface area (Å²) >= 11 is 0. The van der Waals surface area contributed by atoms with Crippen molar-refractivity contribution >= 4 is 17.6 Å². The van der Waals surface area contributed by atoms with Crippen molar-refractivity contribution < 1.29 is 14.7 Å². The lowest BCUT2D eigenvalue weighted by Crippen LogP contribution is -2.47. The first-order valence-corrected chi connectivity index (χ1v) is 8.01. The summed E-state index contributed by atoms with van der Waals surface area (Å²) < 4.78 is 0. The molecule has 0 spiro atoms. The van der Waals surface area contributed by atoms with Crippen LogP contribution in [0.1, 0.15) is 32.1 Å². The maximum Gasteiger partial charge on any atom is 0.323 e. The molecular formula is C17H22N2O3. The van der Waals surface area contributed by atoms with Gasteiger partial charge in [-0.3, -0.25) is 9.59 Å². The van der Waals surface area contributed by atoms with Gasteiger partial charge in [0.05, 0.1) is 0 Å². The van der Waals surface area contributed by atoms with Crippen LogP contribution in [0.5, 0.6) is 0 Å². The van der Waals surface area contributed by atoms with Gasteiger partial charge < -0.3 is 14.9 Å². The van der Waals surface area contributed by atoms with Crippen molar-refractivity contribution in [3.8, 4) is 0 Å². The van der Waals surface area contributed by atoms with Gasteiger partial charge in [-0.15, -0.1) is 0 Å². The Kier molecular flexibility index (Phi) is 4.32. The molecule has 0 bridgehead atoms. The highest BCUT2D eigenvalue weighted by Gasteiger charge is 2.40. The van der Waals surface area contributed by atoms with Gasteiger partial charge in [0, 0.05) is 18.3 Å². The van der Waals surface area contributed by atoms with E-state index in [1.54, 1.807) is 0 Å². The van der Waals surface area contributed by atoms with Crippen molar-refractivity contribution in [3.05, 3.63) is 30.3 Å². The summed E-state index contributed by atoms with van der Waals surface area (Å²) in [4.78, 5) is 27.2. The number of amides is 1. The van der Waals surface area contributed by atoms with Crippen molar-refractivity contribution in [3.63, 3.8) is 0 Å². The number of para-hydroxylation sites is 1. The van der Waals surface area contributed by atoms with Crippen molar-refractivity contribution in [2.45, 2.75) is 44.2 Å². The number of anilines is 1. The fourth-order valence-corrected chi connectivity index (χ4v) is 3.73. The second kappa shape index (κ2) is 6.38. The molecule has 1 atom stereocenters. The molecule has 0 aromatic heterocycles. The van der Waals surface area contributed by atoms with Gasteiger partial charge in [-0.25, -0.2) is 0 Å². The summed E-state index contributed by atoms with van der Waals surface area (Å²) in [5, 5.41) is 8.94. The van der Waals surface area contributed by atoms with Crippen LogP contribution in [0.4, 0.5) is 5.69 Å². The predicted molar refractivity (Wildman–Crippen MR) is 83.8 cm³/mol. The van der Waals surface area contributed by atoms with Crippen molar-refractivity contribution in [1.29, 1.82) is 0 Å². The third-order valence-corrected chi connectivity index (χ3v) is 4.70. The number of hydrogen-bond donors (Lipinski definition) is 1. The van der Waals surface area contributed by atoms with Crippen molar-refractivity contribution in [2.24, 2.45) is 0 Å². The molecule has 1 heterocycles. The van der Waals surface area contributed by atoms with E-state index in [4.69, 9.17) is 5.11 Å². The van der Waals surface area contributed by atoms with E-state index in [1.807, 2.05) is 30.3 Å². The minimum Gasteiger partial charge on any atom is -0.480 e. The van der Waals surface area contributed by atoms with E-state index in [9.17, 15) is 9.59 Å². The Morgan fingerprint density at radius 3 is 2.50 bits per heavy atom. The molecule has 5 heteroatoms. The van der Waals surface area contributed by atoms with Crippen LogP contribution in [-0.2, 0) is 9.59 Å². The molecule has 1 unspecified atom stereocenters. The van der Waals surface area contributed by atoms with Gasteiger partial charge in [-0.2, -0.15) is 0 Å². The largest absolute Gasteiger partial charge is 0.480 e. The Bertz CT molecular complexity index is 540. The van der Waals surface area contributed by atoms with Crippen molar-refractivity contribution in [2.75, 3.05) is 18.0 Å². The summed E-state index contributed by atoms with van der Waals surface area (Å²) in [7, 11) is 0. The van der Waals surface area contributed by atoms with Gasteiger partial charge in [-0.05, 0) is 31.4 Å². The molecule has 118 valence electrons. The molecule has 22 heavy (non-hydrogen) atoms. The van der Waals surface area contributed by atoms with Crippen LogP contribution in [0.25, 0.3) is 0 Å². The van der Waals surface area contributed by atoms with Crippen LogP contribution in [0.15, 0.2) is 30.3 Å². The third kappa shape index (κ3) is 2.93. The van der Waals surface area contributed by atoms with Crippen LogP contribution in [-0.4, -0.2) is 47.1 Å². The number of carbonyl (C=O) groups is 2. The monoisotopic (exact) mass is 302 g/mol.